The number of carbonyl (C=O) groups excluding carboxylic acids is 1. The second-order valence-electron chi connectivity index (χ2n) is 7.57. The minimum absolute atomic E-state index is 0.0423. The molecule has 0 saturated carbocycles. The third-order valence-electron chi connectivity index (χ3n) is 5.41. The van der Waals surface area contributed by atoms with Crippen LogP contribution in [0.2, 0.25) is 0 Å². The number of hydrogen-bond acceptors (Lipinski definition) is 5. The van der Waals surface area contributed by atoms with Gasteiger partial charge in [-0.2, -0.15) is 4.98 Å². The van der Waals surface area contributed by atoms with Crippen molar-refractivity contribution in [3.8, 4) is 0 Å². The fraction of sp³-hybridized carbons (Fsp3) is 0.364. The molecule has 2 aromatic heterocycles. The Morgan fingerprint density at radius 1 is 1.24 bits per heavy atom. The third kappa shape index (κ3) is 4.19. The summed E-state index contributed by atoms with van der Waals surface area (Å²) in [6.45, 7) is 4.59. The van der Waals surface area contributed by atoms with Gasteiger partial charge in [-0.1, -0.05) is 18.2 Å². The first-order chi connectivity index (χ1) is 14.0. The van der Waals surface area contributed by atoms with Crippen LogP contribution in [0.1, 0.15) is 17.0 Å². The van der Waals surface area contributed by atoms with Crippen LogP contribution in [0.4, 0.5) is 0 Å². The van der Waals surface area contributed by atoms with Gasteiger partial charge in [-0.05, 0) is 44.0 Å². The van der Waals surface area contributed by atoms with Gasteiger partial charge in [0.15, 0.2) is 0 Å². The van der Waals surface area contributed by atoms with Crippen LogP contribution in [0.15, 0.2) is 47.4 Å². The molecular formula is C22H24N4O3. The molecule has 1 aliphatic rings. The average molecular weight is 392 g/mol. The maximum absolute atomic E-state index is 12.6. The summed E-state index contributed by atoms with van der Waals surface area (Å²) in [4.78, 5) is 33.0. The molecule has 29 heavy (non-hydrogen) atoms. The molecule has 0 aliphatic carbocycles. The van der Waals surface area contributed by atoms with Crippen molar-refractivity contribution >= 4 is 16.8 Å². The molecule has 7 nitrogen and oxygen atoms in total. The van der Waals surface area contributed by atoms with E-state index in [1.165, 1.54) is 10.1 Å². The number of rotatable bonds is 5. The zero-order chi connectivity index (χ0) is 20.4. The predicted octanol–water partition coefficient (Wildman–Crippen LogP) is 1.78. The van der Waals surface area contributed by atoms with Crippen molar-refractivity contribution in [3.63, 3.8) is 0 Å². The van der Waals surface area contributed by atoms with Gasteiger partial charge in [-0.3, -0.25) is 14.3 Å². The maximum Gasteiger partial charge on any atom is 0.348 e. The first-order valence-corrected chi connectivity index (χ1v) is 9.76. The molecule has 1 N–H and O–H groups in total. The van der Waals surface area contributed by atoms with E-state index >= 15 is 0 Å². The summed E-state index contributed by atoms with van der Waals surface area (Å²) in [5.74, 6) is -0.0420. The average Bonchev–Trinajstić information content (AvgIpc) is 3.11. The highest BCUT2D eigenvalue weighted by atomic mass is 16.5. The number of para-hydroxylation sites is 1. The Kier molecular flexibility index (Phi) is 5.40. The van der Waals surface area contributed by atoms with Crippen LogP contribution in [-0.4, -0.2) is 39.7 Å². The molecule has 0 unspecified atom stereocenters. The highest BCUT2D eigenvalue weighted by Crippen LogP contribution is 2.24. The largest absolute Gasteiger partial charge is 0.379 e. The summed E-state index contributed by atoms with van der Waals surface area (Å²) in [5.41, 5.74) is 3.13. The first kappa shape index (κ1) is 19.3. The number of aromatic nitrogens is 3. The van der Waals surface area contributed by atoms with Crippen LogP contribution >= 0.6 is 0 Å². The number of benzene rings is 1. The Morgan fingerprint density at radius 3 is 2.90 bits per heavy atom. The van der Waals surface area contributed by atoms with Gasteiger partial charge in [0.05, 0.1) is 24.8 Å². The number of fused-ring (bicyclic) bond motifs is 1. The minimum Gasteiger partial charge on any atom is -0.379 e. The fourth-order valence-electron chi connectivity index (χ4n) is 3.94. The van der Waals surface area contributed by atoms with E-state index in [0.717, 1.165) is 23.0 Å². The fourth-order valence-corrected chi connectivity index (χ4v) is 3.94. The number of hydrogen-bond donors (Lipinski definition) is 1. The number of nitrogens with zero attached hydrogens (tertiary/aromatic N) is 3. The lowest BCUT2D eigenvalue weighted by Crippen LogP contribution is -2.43. The number of nitrogens with one attached hydrogen (secondary N) is 1. The SMILES string of the molecule is Cc1cc(C)n(CC(=O)N[C@H]2COC[C@H]2Cc2ccnc3ccccc23)c(=O)n1. The predicted molar refractivity (Wildman–Crippen MR) is 110 cm³/mol. The molecule has 150 valence electrons. The number of carbonyl (C=O) groups is 1. The van der Waals surface area contributed by atoms with E-state index in [-0.39, 0.29) is 24.4 Å². The zero-order valence-corrected chi connectivity index (χ0v) is 16.6. The van der Waals surface area contributed by atoms with Gasteiger partial charge in [0.1, 0.15) is 6.54 Å². The Morgan fingerprint density at radius 2 is 2.07 bits per heavy atom. The van der Waals surface area contributed by atoms with Gasteiger partial charge in [0.2, 0.25) is 5.91 Å². The van der Waals surface area contributed by atoms with Gasteiger partial charge in [-0.25, -0.2) is 4.79 Å². The lowest BCUT2D eigenvalue weighted by molar-refractivity contribution is -0.122. The van der Waals surface area contributed by atoms with E-state index in [2.05, 4.69) is 21.4 Å². The van der Waals surface area contributed by atoms with Crippen LogP contribution in [-0.2, 0) is 22.5 Å². The van der Waals surface area contributed by atoms with Gasteiger partial charge < -0.3 is 10.1 Å². The van der Waals surface area contributed by atoms with Crippen molar-refractivity contribution in [2.24, 2.45) is 5.92 Å². The molecular weight excluding hydrogens is 368 g/mol. The highest BCUT2D eigenvalue weighted by molar-refractivity contribution is 5.82. The Bertz CT molecular complexity index is 1100. The van der Waals surface area contributed by atoms with E-state index in [9.17, 15) is 9.59 Å². The molecule has 1 fully saturated rings. The monoisotopic (exact) mass is 392 g/mol. The molecule has 3 heterocycles. The molecule has 1 amide bonds. The summed E-state index contributed by atoms with van der Waals surface area (Å²) < 4.78 is 7.05. The van der Waals surface area contributed by atoms with Crippen LogP contribution in [0.3, 0.4) is 0 Å². The highest BCUT2D eigenvalue weighted by Gasteiger charge is 2.30. The minimum atomic E-state index is -0.403. The van der Waals surface area contributed by atoms with Crippen molar-refractivity contribution in [1.29, 1.82) is 0 Å². The topological polar surface area (TPSA) is 86.1 Å². The number of pyridine rings is 1. The first-order valence-electron chi connectivity index (χ1n) is 9.76. The summed E-state index contributed by atoms with van der Waals surface area (Å²) in [7, 11) is 0. The maximum atomic E-state index is 12.6. The van der Waals surface area contributed by atoms with Gasteiger partial charge in [-0.15, -0.1) is 0 Å². The zero-order valence-electron chi connectivity index (χ0n) is 16.6. The second kappa shape index (κ2) is 8.13. The van der Waals surface area contributed by atoms with Crippen LogP contribution in [0.25, 0.3) is 10.9 Å². The second-order valence-corrected chi connectivity index (χ2v) is 7.57. The van der Waals surface area contributed by atoms with Gasteiger partial charge >= 0.3 is 5.69 Å². The number of ether oxygens (including phenoxy) is 1. The van der Waals surface area contributed by atoms with E-state index in [1.807, 2.05) is 30.5 Å². The van der Waals surface area contributed by atoms with Gasteiger partial charge in [0, 0.05) is 28.9 Å². The molecule has 0 bridgehead atoms. The normalized spacial score (nSPS) is 18.8. The van der Waals surface area contributed by atoms with Crippen molar-refractivity contribution in [1.82, 2.24) is 19.9 Å². The standard InChI is InChI=1S/C22H24N4O3/c1-14-9-15(2)26(22(28)24-14)11-21(27)25-20-13-29-12-17(20)10-16-7-8-23-19-6-4-3-5-18(16)19/h3-9,17,20H,10-13H2,1-2H3,(H,25,27)/t17-,20+/m1/s1. The molecule has 7 heteroatoms. The summed E-state index contributed by atoms with van der Waals surface area (Å²) >= 11 is 0. The third-order valence-corrected chi connectivity index (χ3v) is 5.41. The summed E-state index contributed by atoms with van der Waals surface area (Å²) in [6.07, 6.45) is 2.61. The number of aryl methyl sites for hydroxylation is 2. The van der Waals surface area contributed by atoms with E-state index in [1.54, 1.807) is 19.9 Å². The van der Waals surface area contributed by atoms with E-state index in [4.69, 9.17) is 4.74 Å². The molecule has 0 spiro atoms. The number of amides is 1. The smallest absolute Gasteiger partial charge is 0.348 e. The van der Waals surface area contributed by atoms with Crippen LogP contribution in [0, 0.1) is 19.8 Å². The Hall–Kier alpha value is -3.06. The summed E-state index contributed by atoms with van der Waals surface area (Å²) in [6, 6.07) is 11.8. The molecule has 1 aromatic carbocycles. The van der Waals surface area contributed by atoms with Crippen LogP contribution in [0.5, 0.6) is 0 Å². The van der Waals surface area contributed by atoms with E-state index in [0.29, 0.717) is 18.9 Å². The Balaban J connectivity index is 1.46. The lowest BCUT2D eigenvalue weighted by atomic mass is 9.93. The molecule has 4 rings (SSSR count). The van der Waals surface area contributed by atoms with Crippen molar-refractivity contribution < 1.29 is 9.53 Å². The molecule has 1 aliphatic heterocycles. The van der Waals surface area contributed by atoms with Crippen molar-refractivity contribution in [2.75, 3.05) is 13.2 Å². The van der Waals surface area contributed by atoms with Gasteiger partial charge in [0.25, 0.3) is 0 Å². The molecule has 3 aromatic rings. The Labute approximate surface area is 168 Å². The van der Waals surface area contributed by atoms with Crippen molar-refractivity contribution in [2.45, 2.75) is 32.9 Å². The summed E-state index contributed by atoms with van der Waals surface area (Å²) in [5, 5.41) is 4.17. The quantitative estimate of drug-likeness (QED) is 0.715. The molecule has 2 atom stereocenters. The molecule has 0 radical (unpaired) electrons. The van der Waals surface area contributed by atoms with Crippen LogP contribution < -0.4 is 11.0 Å². The van der Waals surface area contributed by atoms with E-state index < -0.39 is 5.69 Å². The molecule has 1 saturated heterocycles. The lowest BCUT2D eigenvalue weighted by Gasteiger charge is -2.20. The van der Waals surface area contributed by atoms with Crippen molar-refractivity contribution in [3.05, 3.63) is 70.0 Å².